The van der Waals surface area contributed by atoms with Crippen LogP contribution in [0.4, 0.5) is 11.5 Å². The summed E-state index contributed by atoms with van der Waals surface area (Å²) >= 11 is 0. The van der Waals surface area contributed by atoms with Gasteiger partial charge < -0.3 is 9.64 Å². The van der Waals surface area contributed by atoms with Crippen LogP contribution in [0.1, 0.15) is 16.8 Å². The van der Waals surface area contributed by atoms with Gasteiger partial charge in [0, 0.05) is 7.05 Å². The van der Waals surface area contributed by atoms with Crippen LogP contribution in [0.25, 0.3) is 0 Å². The maximum absolute atomic E-state index is 9.37. The quantitative estimate of drug-likeness (QED) is 0.856. The molecule has 0 N–H and O–H groups in total. The number of rotatable bonds is 3. The maximum Gasteiger partial charge on any atom is 0.173 e. The number of para-hydroxylation sites is 2. The summed E-state index contributed by atoms with van der Waals surface area (Å²) in [5, 5.41) is 17.6. The van der Waals surface area contributed by atoms with Crippen LogP contribution in [0.5, 0.6) is 5.75 Å². The van der Waals surface area contributed by atoms with E-state index in [0.29, 0.717) is 11.4 Å². The molecule has 20 heavy (non-hydrogen) atoms. The van der Waals surface area contributed by atoms with Gasteiger partial charge in [-0.05, 0) is 31.5 Å². The first-order valence-corrected chi connectivity index (χ1v) is 6.20. The molecular weight excluding hydrogens is 252 g/mol. The number of hydrogen-bond acceptors (Lipinski definition) is 5. The second kappa shape index (κ2) is 5.57. The Bertz CT molecular complexity index is 676. The molecule has 0 aliphatic rings. The smallest absolute Gasteiger partial charge is 0.173 e. The highest BCUT2D eigenvalue weighted by Crippen LogP contribution is 2.33. The zero-order valence-corrected chi connectivity index (χ0v) is 12.0. The van der Waals surface area contributed by atoms with Gasteiger partial charge in [-0.15, -0.1) is 5.10 Å². The van der Waals surface area contributed by atoms with E-state index in [0.717, 1.165) is 22.7 Å². The first-order chi connectivity index (χ1) is 9.60. The standard InChI is InChI=1S/C15H16N4O/c1-10-11(2)17-18-15(12(10)9-16)19(3)13-7-5-6-8-14(13)20-4/h5-8H,1-4H3. The molecule has 0 aliphatic carbocycles. The number of ether oxygens (including phenoxy) is 1. The van der Waals surface area contributed by atoms with Crippen LogP contribution in [-0.4, -0.2) is 24.4 Å². The van der Waals surface area contributed by atoms with Gasteiger partial charge in [-0.1, -0.05) is 12.1 Å². The summed E-state index contributed by atoms with van der Waals surface area (Å²) in [7, 11) is 3.46. The minimum absolute atomic E-state index is 0.528. The molecule has 2 aromatic rings. The molecular formula is C15H16N4O. The Morgan fingerprint density at radius 2 is 1.90 bits per heavy atom. The van der Waals surface area contributed by atoms with Gasteiger partial charge in [-0.3, -0.25) is 0 Å². The Labute approximate surface area is 118 Å². The molecule has 1 aromatic heterocycles. The molecule has 0 spiro atoms. The van der Waals surface area contributed by atoms with Crippen molar-refractivity contribution in [1.82, 2.24) is 10.2 Å². The number of hydrogen-bond donors (Lipinski definition) is 0. The minimum Gasteiger partial charge on any atom is -0.495 e. The zero-order valence-electron chi connectivity index (χ0n) is 12.0. The van der Waals surface area contributed by atoms with Crippen LogP contribution < -0.4 is 9.64 Å². The molecule has 0 saturated carbocycles. The number of nitriles is 1. The molecule has 0 amide bonds. The summed E-state index contributed by atoms with van der Waals surface area (Å²) in [4.78, 5) is 1.82. The van der Waals surface area contributed by atoms with E-state index in [-0.39, 0.29) is 0 Å². The molecule has 5 nitrogen and oxygen atoms in total. The highest BCUT2D eigenvalue weighted by Gasteiger charge is 2.17. The molecule has 0 bridgehead atoms. The van der Waals surface area contributed by atoms with Gasteiger partial charge in [-0.25, -0.2) is 0 Å². The Kier molecular flexibility index (Phi) is 3.85. The van der Waals surface area contributed by atoms with Crippen LogP contribution in [0.15, 0.2) is 24.3 Å². The largest absolute Gasteiger partial charge is 0.495 e. The molecule has 1 heterocycles. The normalized spacial score (nSPS) is 9.95. The van der Waals surface area contributed by atoms with Crippen molar-refractivity contribution in [3.05, 3.63) is 41.1 Å². The van der Waals surface area contributed by atoms with E-state index in [1.165, 1.54) is 0 Å². The number of benzene rings is 1. The van der Waals surface area contributed by atoms with Crippen LogP contribution >= 0.6 is 0 Å². The van der Waals surface area contributed by atoms with Gasteiger partial charge in [-0.2, -0.15) is 10.4 Å². The molecule has 0 aliphatic heterocycles. The molecule has 1 aromatic carbocycles. The Hall–Kier alpha value is -2.61. The van der Waals surface area contributed by atoms with Crippen molar-refractivity contribution >= 4 is 11.5 Å². The Balaban J connectivity index is 2.57. The van der Waals surface area contributed by atoms with Gasteiger partial charge in [0.05, 0.1) is 18.5 Å². The molecule has 0 radical (unpaired) electrons. The molecule has 0 saturated heterocycles. The SMILES string of the molecule is COc1ccccc1N(C)c1nnc(C)c(C)c1C#N. The van der Waals surface area contributed by atoms with Crippen molar-refractivity contribution in [3.8, 4) is 11.8 Å². The van der Waals surface area contributed by atoms with Crippen LogP contribution in [-0.2, 0) is 0 Å². The van der Waals surface area contributed by atoms with Gasteiger partial charge in [0.2, 0.25) is 0 Å². The number of aryl methyl sites for hydroxylation is 1. The average Bonchev–Trinajstić information content (AvgIpc) is 2.49. The van der Waals surface area contributed by atoms with Crippen molar-refractivity contribution in [2.45, 2.75) is 13.8 Å². The molecule has 102 valence electrons. The number of nitrogens with zero attached hydrogens (tertiary/aromatic N) is 4. The molecule has 0 unspecified atom stereocenters. The van der Waals surface area contributed by atoms with Gasteiger partial charge in [0.25, 0.3) is 0 Å². The fourth-order valence-electron chi connectivity index (χ4n) is 1.99. The van der Waals surface area contributed by atoms with Crippen LogP contribution in [0.2, 0.25) is 0 Å². The highest BCUT2D eigenvalue weighted by molar-refractivity contribution is 5.70. The summed E-state index contributed by atoms with van der Waals surface area (Å²) in [6, 6.07) is 9.80. The second-order valence-corrected chi connectivity index (χ2v) is 4.45. The first-order valence-electron chi connectivity index (χ1n) is 6.20. The van der Waals surface area contributed by atoms with E-state index >= 15 is 0 Å². The molecule has 5 heteroatoms. The lowest BCUT2D eigenvalue weighted by Gasteiger charge is -2.22. The Morgan fingerprint density at radius 3 is 2.55 bits per heavy atom. The van der Waals surface area contributed by atoms with E-state index in [4.69, 9.17) is 4.74 Å². The fraction of sp³-hybridized carbons (Fsp3) is 0.267. The predicted molar refractivity (Wildman–Crippen MR) is 77.3 cm³/mol. The highest BCUT2D eigenvalue weighted by atomic mass is 16.5. The molecule has 2 rings (SSSR count). The van der Waals surface area contributed by atoms with Crippen molar-refractivity contribution in [1.29, 1.82) is 5.26 Å². The Morgan fingerprint density at radius 1 is 1.20 bits per heavy atom. The second-order valence-electron chi connectivity index (χ2n) is 4.45. The maximum atomic E-state index is 9.37. The van der Waals surface area contributed by atoms with Crippen LogP contribution in [0.3, 0.4) is 0 Å². The monoisotopic (exact) mass is 268 g/mol. The number of methoxy groups -OCH3 is 1. The zero-order chi connectivity index (χ0) is 14.7. The lowest BCUT2D eigenvalue weighted by atomic mass is 10.1. The van der Waals surface area contributed by atoms with E-state index in [9.17, 15) is 5.26 Å². The van der Waals surface area contributed by atoms with Gasteiger partial charge in [0.15, 0.2) is 5.82 Å². The third kappa shape index (κ3) is 2.28. The van der Waals surface area contributed by atoms with E-state index in [1.54, 1.807) is 7.11 Å². The third-order valence-corrected chi connectivity index (χ3v) is 3.31. The summed E-state index contributed by atoms with van der Waals surface area (Å²) in [6.07, 6.45) is 0. The topological polar surface area (TPSA) is 62.0 Å². The first kappa shape index (κ1) is 13.8. The summed E-state index contributed by atoms with van der Waals surface area (Å²) in [6.45, 7) is 3.72. The van der Waals surface area contributed by atoms with Crippen molar-refractivity contribution < 1.29 is 4.74 Å². The lowest BCUT2D eigenvalue weighted by molar-refractivity contribution is 0.415. The van der Waals surface area contributed by atoms with Crippen molar-refractivity contribution in [3.63, 3.8) is 0 Å². The summed E-state index contributed by atoms with van der Waals surface area (Å²) in [5.41, 5.74) is 2.98. The average molecular weight is 268 g/mol. The van der Waals surface area contributed by atoms with E-state index < -0.39 is 0 Å². The van der Waals surface area contributed by atoms with Crippen molar-refractivity contribution in [2.75, 3.05) is 19.1 Å². The van der Waals surface area contributed by atoms with Gasteiger partial charge >= 0.3 is 0 Å². The third-order valence-electron chi connectivity index (χ3n) is 3.31. The molecule has 0 atom stereocenters. The predicted octanol–water partition coefficient (Wildman–Crippen LogP) is 2.74. The fourth-order valence-corrected chi connectivity index (χ4v) is 1.99. The lowest BCUT2D eigenvalue weighted by Crippen LogP contribution is -2.16. The number of anilines is 2. The number of aromatic nitrogens is 2. The van der Waals surface area contributed by atoms with Crippen LogP contribution in [0, 0.1) is 25.2 Å². The van der Waals surface area contributed by atoms with E-state index in [2.05, 4.69) is 16.3 Å². The summed E-state index contributed by atoms with van der Waals surface area (Å²) < 4.78 is 5.34. The summed E-state index contributed by atoms with van der Waals surface area (Å²) in [5.74, 6) is 1.25. The minimum atomic E-state index is 0.528. The van der Waals surface area contributed by atoms with E-state index in [1.807, 2.05) is 50.1 Å². The molecule has 0 fully saturated rings. The van der Waals surface area contributed by atoms with Crippen molar-refractivity contribution in [2.24, 2.45) is 0 Å². The van der Waals surface area contributed by atoms with Gasteiger partial charge in [0.1, 0.15) is 17.4 Å².